The van der Waals surface area contributed by atoms with Crippen LogP contribution in [0.1, 0.15) is 50.7 Å². The summed E-state index contributed by atoms with van der Waals surface area (Å²) in [5.41, 5.74) is -0.632. The molecule has 0 spiro atoms. The fourth-order valence-electron chi connectivity index (χ4n) is 2.53. The lowest BCUT2D eigenvalue weighted by molar-refractivity contribution is -0.0228. The first-order valence-corrected chi connectivity index (χ1v) is 6.28. The largest absolute Gasteiger partial charge is 0.380 e. The number of aliphatic hydroxyl groups is 1. The van der Waals surface area contributed by atoms with Crippen LogP contribution in [0.4, 0.5) is 0 Å². The summed E-state index contributed by atoms with van der Waals surface area (Å²) in [4.78, 5) is 4.41. The van der Waals surface area contributed by atoms with Crippen LogP contribution in [0.3, 0.4) is 0 Å². The first-order valence-electron chi connectivity index (χ1n) is 6.28. The Morgan fingerprint density at radius 3 is 2.59 bits per heavy atom. The van der Waals surface area contributed by atoms with Crippen LogP contribution < -0.4 is 5.32 Å². The second-order valence-electron chi connectivity index (χ2n) is 5.98. The highest BCUT2D eigenvalue weighted by Gasteiger charge is 2.50. The number of hydrogen-bond acceptors (Lipinski definition) is 5. The number of nitrogens with zero attached hydrogens (tertiary/aromatic N) is 2. The average molecular weight is 237 g/mol. The topological polar surface area (TPSA) is 71.2 Å². The van der Waals surface area contributed by atoms with Crippen LogP contribution in [-0.2, 0) is 5.60 Å². The zero-order valence-electron chi connectivity index (χ0n) is 10.4. The van der Waals surface area contributed by atoms with Crippen molar-refractivity contribution in [2.45, 2.75) is 44.6 Å². The molecule has 1 saturated heterocycles. The van der Waals surface area contributed by atoms with E-state index in [2.05, 4.69) is 29.3 Å². The molecule has 0 aromatic carbocycles. The standard InChI is InChI=1S/C12H19N3O2/c1-11(2)7-8(11)9-14-10(17-15-9)12(16)3-5-13-6-4-12/h8,13,16H,3-7H2,1-2H3. The van der Waals surface area contributed by atoms with E-state index in [0.29, 0.717) is 24.7 Å². The molecule has 2 aliphatic rings. The Bertz CT molecular complexity index is 421. The second-order valence-corrected chi connectivity index (χ2v) is 5.98. The molecule has 1 saturated carbocycles. The maximum absolute atomic E-state index is 10.5. The molecule has 3 rings (SSSR count). The van der Waals surface area contributed by atoms with Gasteiger partial charge in [-0.2, -0.15) is 4.98 Å². The quantitative estimate of drug-likeness (QED) is 0.807. The molecular formula is C12H19N3O2. The van der Waals surface area contributed by atoms with Gasteiger partial charge in [-0.3, -0.25) is 0 Å². The van der Waals surface area contributed by atoms with Crippen molar-refractivity contribution in [2.75, 3.05) is 13.1 Å². The van der Waals surface area contributed by atoms with Gasteiger partial charge in [-0.15, -0.1) is 0 Å². The van der Waals surface area contributed by atoms with Crippen LogP contribution in [-0.4, -0.2) is 28.3 Å². The Morgan fingerprint density at radius 1 is 1.35 bits per heavy atom. The van der Waals surface area contributed by atoms with Gasteiger partial charge in [0.25, 0.3) is 5.89 Å². The number of nitrogens with one attached hydrogen (secondary N) is 1. The van der Waals surface area contributed by atoms with Crippen LogP contribution in [0, 0.1) is 5.41 Å². The summed E-state index contributed by atoms with van der Waals surface area (Å²) >= 11 is 0. The van der Waals surface area contributed by atoms with Gasteiger partial charge in [0.1, 0.15) is 5.60 Å². The summed E-state index contributed by atoms with van der Waals surface area (Å²) in [6.07, 6.45) is 2.39. The van der Waals surface area contributed by atoms with Gasteiger partial charge in [-0.1, -0.05) is 19.0 Å². The van der Waals surface area contributed by atoms with Crippen molar-refractivity contribution in [3.63, 3.8) is 0 Å². The van der Waals surface area contributed by atoms with Gasteiger partial charge in [0.2, 0.25) is 0 Å². The van der Waals surface area contributed by atoms with E-state index in [1.165, 1.54) is 0 Å². The molecule has 1 unspecified atom stereocenters. The molecule has 2 N–H and O–H groups in total. The molecule has 1 aromatic heterocycles. The first-order chi connectivity index (χ1) is 8.01. The first kappa shape index (κ1) is 11.2. The lowest BCUT2D eigenvalue weighted by Gasteiger charge is -2.28. The number of hydrogen-bond donors (Lipinski definition) is 2. The Hall–Kier alpha value is -0.940. The molecule has 5 nitrogen and oxygen atoms in total. The van der Waals surface area contributed by atoms with Crippen LogP contribution in [0.25, 0.3) is 0 Å². The van der Waals surface area contributed by atoms with Gasteiger partial charge < -0.3 is 14.9 Å². The zero-order chi connectivity index (χ0) is 12.1. The fourth-order valence-corrected chi connectivity index (χ4v) is 2.53. The van der Waals surface area contributed by atoms with Crippen LogP contribution >= 0.6 is 0 Å². The third-order valence-corrected chi connectivity index (χ3v) is 4.10. The lowest BCUT2D eigenvalue weighted by Crippen LogP contribution is -2.39. The van der Waals surface area contributed by atoms with Gasteiger partial charge in [0.15, 0.2) is 5.82 Å². The summed E-state index contributed by atoms with van der Waals surface area (Å²) in [5, 5.41) is 17.7. The smallest absolute Gasteiger partial charge is 0.258 e. The van der Waals surface area contributed by atoms with E-state index in [0.717, 1.165) is 25.3 Å². The van der Waals surface area contributed by atoms with Gasteiger partial charge in [0, 0.05) is 5.92 Å². The van der Waals surface area contributed by atoms with Crippen molar-refractivity contribution in [3.05, 3.63) is 11.7 Å². The van der Waals surface area contributed by atoms with E-state index in [1.807, 2.05) is 0 Å². The lowest BCUT2D eigenvalue weighted by atomic mass is 9.92. The molecule has 2 fully saturated rings. The van der Waals surface area contributed by atoms with Crippen molar-refractivity contribution >= 4 is 0 Å². The van der Waals surface area contributed by atoms with Crippen molar-refractivity contribution in [1.82, 2.24) is 15.5 Å². The molecule has 5 heteroatoms. The van der Waals surface area contributed by atoms with Gasteiger partial charge in [-0.05, 0) is 37.8 Å². The molecule has 2 heterocycles. The number of rotatable bonds is 2. The third-order valence-electron chi connectivity index (χ3n) is 4.10. The van der Waals surface area contributed by atoms with Gasteiger partial charge in [-0.25, -0.2) is 0 Å². The summed E-state index contributed by atoms with van der Waals surface area (Å²) in [6.45, 7) is 5.99. The zero-order valence-corrected chi connectivity index (χ0v) is 10.4. The summed E-state index contributed by atoms with van der Waals surface area (Å²) in [5.74, 6) is 1.55. The minimum atomic E-state index is -0.921. The minimum Gasteiger partial charge on any atom is -0.380 e. The SMILES string of the molecule is CC1(C)CC1c1noc(C2(O)CCNCC2)n1. The Morgan fingerprint density at radius 2 is 2.00 bits per heavy atom. The van der Waals surface area contributed by atoms with Crippen LogP contribution in [0.15, 0.2) is 4.52 Å². The fraction of sp³-hybridized carbons (Fsp3) is 0.833. The van der Waals surface area contributed by atoms with Crippen LogP contribution in [0.5, 0.6) is 0 Å². The van der Waals surface area contributed by atoms with Gasteiger partial charge in [0.05, 0.1) is 0 Å². The van der Waals surface area contributed by atoms with Gasteiger partial charge >= 0.3 is 0 Å². The molecule has 0 radical (unpaired) electrons. The summed E-state index contributed by atoms with van der Waals surface area (Å²) < 4.78 is 5.26. The predicted octanol–water partition coefficient (Wildman–Crippen LogP) is 1.15. The molecule has 0 bridgehead atoms. The number of aromatic nitrogens is 2. The Labute approximate surface area is 101 Å². The molecule has 17 heavy (non-hydrogen) atoms. The third kappa shape index (κ3) is 1.87. The Balaban J connectivity index is 1.80. The molecule has 0 amide bonds. The Kier molecular flexibility index (Phi) is 2.32. The van der Waals surface area contributed by atoms with E-state index in [4.69, 9.17) is 4.52 Å². The maximum atomic E-state index is 10.5. The van der Waals surface area contributed by atoms with Crippen LogP contribution in [0.2, 0.25) is 0 Å². The maximum Gasteiger partial charge on any atom is 0.258 e. The van der Waals surface area contributed by atoms with Crippen molar-refractivity contribution < 1.29 is 9.63 Å². The van der Waals surface area contributed by atoms with E-state index < -0.39 is 5.60 Å². The van der Waals surface area contributed by atoms with E-state index in [1.54, 1.807) is 0 Å². The normalized spacial score (nSPS) is 30.2. The average Bonchev–Trinajstić information content (AvgIpc) is 2.76. The van der Waals surface area contributed by atoms with Crippen molar-refractivity contribution in [2.24, 2.45) is 5.41 Å². The highest BCUT2D eigenvalue weighted by atomic mass is 16.5. The molecule has 1 aliphatic heterocycles. The van der Waals surface area contributed by atoms with E-state index in [9.17, 15) is 5.11 Å². The highest BCUT2D eigenvalue weighted by Crippen LogP contribution is 2.57. The predicted molar refractivity (Wildman–Crippen MR) is 61.4 cm³/mol. The number of piperidine rings is 1. The molecule has 1 atom stereocenters. The minimum absolute atomic E-state index is 0.290. The molecule has 94 valence electrons. The summed E-state index contributed by atoms with van der Waals surface area (Å²) in [6, 6.07) is 0. The monoisotopic (exact) mass is 237 g/mol. The molecule has 1 aliphatic carbocycles. The van der Waals surface area contributed by atoms with Crippen molar-refractivity contribution in [3.8, 4) is 0 Å². The van der Waals surface area contributed by atoms with Crippen molar-refractivity contribution in [1.29, 1.82) is 0 Å². The second kappa shape index (κ2) is 3.53. The van der Waals surface area contributed by atoms with E-state index >= 15 is 0 Å². The summed E-state index contributed by atoms with van der Waals surface area (Å²) in [7, 11) is 0. The van der Waals surface area contributed by atoms with E-state index in [-0.39, 0.29) is 5.41 Å². The molecule has 1 aromatic rings. The highest BCUT2D eigenvalue weighted by molar-refractivity contribution is 5.15. The molecular weight excluding hydrogens is 218 g/mol.